The molecule has 1 aliphatic carbocycles. The minimum Gasteiger partial charge on any atom is -0.363 e. The lowest BCUT2D eigenvalue weighted by Gasteiger charge is -2.16. The van der Waals surface area contributed by atoms with Gasteiger partial charge in [0.05, 0.1) is 0 Å². The van der Waals surface area contributed by atoms with Crippen LogP contribution < -0.4 is 16.6 Å². The lowest BCUT2D eigenvalue weighted by atomic mass is 10.1. The Morgan fingerprint density at radius 1 is 1.24 bits per heavy atom. The van der Waals surface area contributed by atoms with Crippen molar-refractivity contribution in [3.8, 4) is 0 Å². The summed E-state index contributed by atoms with van der Waals surface area (Å²) in [7, 11) is 0. The fraction of sp³-hybridized carbons (Fsp3) is 0.333. The topological polar surface area (TPSA) is 75.9 Å². The average Bonchev–Trinajstić information content (AvgIpc) is 3.31. The Balaban J connectivity index is 1.81. The zero-order valence-electron chi connectivity index (χ0n) is 11.8. The van der Waals surface area contributed by atoms with E-state index in [9.17, 15) is 0 Å². The van der Waals surface area contributed by atoms with Gasteiger partial charge >= 0.3 is 0 Å². The number of aromatic nitrogens is 2. The maximum atomic E-state index is 5.50. The van der Waals surface area contributed by atoms with Crippen LogP contribution >= 0.6 is 15.9 Å². The van der Waals surface area contributed by atoms with E-state index >= 15 is 0 Å². The van der Waals surface area contributed by atoms with Crippen LogP contribution in [-0.2, 0) is 0 Å². The van der Waals surface area contributed by atoms with Crippen molar-refractivity contribution in [3.63, 3.8) is 0 Å². The van der Waals surface area contributed by atoms with Gasteiger partial charge in [0.15, 0.2) is 0 Å². The van der Waals surface area contributed by atoms with E-state index in [1.165, 1.54) is 5.56 Å². The van der Waals surface area contributed by atoms with Crippen molar-refractivity contribution >= 4 is 27.6 Å². The fourth-order valence-corrected chi connectivity index (χ4v) is 2.64. The predicted molar refractivity (Wildman–Crippen MR) is 88.0 cm³/mol. The minimum atomic E-state index is 0.148. The molecule has 1 atom stereocenters. The van der Waals surface area contributed by atoms with Gasteiger partial charge in [0.1, 0.15) is 17.5 Å². The van der Waals surface area contributed by atoms with E-state index in [0.717, 1.165) is 29.0 Å². The van der Waals surface area contributed by atoms with Gasteiger partial charge in [-0.2, -0.15) is 0 Å². The zero-order chi connectivity index (χ0) is 14.8. The van der Waals surface area contributed by atoms with Crippen molar-refractivity contribution in [1.82, 2.24) is 9.97 Å². The number of halogens is 1. The molecule has 1 aliphatic rings. The molecule has 0 spiro atoms. The van der Waals surface area contributed by atoms with Crippen molar-refractivity contribution < 1.29 is 0 Å². The van der Waals surface area contributed by atoms with Gasteiger partial charge in [-0.15, -0.1) is 0 Å². The molecule has 1 fully saturated rings. The number of benzene rings is 1. The summed E-state index contributed by atoms with van der Waals surface area (Å²) in [6.07, 6.45) is 2.32. The maximum Gasteiger partial charge on any atom is 0.145 e. The first kappa shape index (κ1) is 14.3. The summed E-state index contributed by atoms with van der Waals surface area (Å²) < 4.78 is 1.07. The lowest BCUT2D eigenvalue weighted by molar-refractivity contribution is 0.853. The van der Waals surface area contributed by atoms with E-state index in [2.05, 4.69) is 55.7 Å². The summed E-state index contributed by atoms with van der Waals surface area (Å²) in [5.74, 6) is 8.30. The predicted octanol–water partition coefficient (Wildman–Crippen LogP) is 3.58. The Morgan fingerprint density at radius 3 is 2.67 bits per heavy atom. The molecule has 0 aliphatic heterocycles. The van der Waals surface area contributed by atoms with Crippen LogP contribution in [0.3, 0.4) is 0 Å². The maximum absolute atomic E-state index is 5.50. The van der Waals surface area contributed by atoms with Crippen LogP contribution in [0.4, 0.5) is 11.6 Å². The third-order valence-electron chi connectivity index (χ3n) is 3.55. The SMILES string of the molecule is CC(Nc1cc(NN)nc(C2CC2)n1)c1cccc(Br)c1. The summed E-state index contributed by atoms with van der Waals surface area (Å²) in [4.78, 5) is 9.02. The molecule has 5 nitrogen and oxygen atoms in total. The highest BCUT2D eigenvalue weighted by molar-refractivity contribution is 9.10. The molecular formula is C15H18BrN5. The van der Waals surface area contributed by atoms with Crippen LogP contribution in [0.2, 0.25) is 0 Å². The molecule has 4 N–H and O–H groups in total. The lowest BCUT2D eigenvalue weighted by Crippen LogP contribution is -2.13. The third-order valence-corrected chi connectivity index (χ3v) is 4.04. The van der Waals surface area contributed by atoms with Gasteiger partial charge in [0.2, 0.25) is 0 Å². The van der Waals surface area contributed by atoms with Gasteiger partial charge in [0, 0.05) is 22.5 Å². The normalized spacial score (nSPS) is 15.6. The molecule has 110 valence electrons. The van der Waals surface area contributed by atoms with Crippen molar-refractivity contribution in [1.29, 1.82) is 0 Å². The van der Waals surface area contributed by atoms with E-state index in [-0.39, 0.29) is 6.04 Å². The largest absolute Gasteiger partial charge is 0.363 e. The molecule has 0 saturated heterocycles. The minimum absolute atomic E-state index is 0.148. The molecule has 2 aromatic rings. The molecule has 21 heavy (non-hydrogen) atoms. The molecule has 1 aromatic heterocycles. The van der Waals surface area contributed by atoms with Gasteiger partial charge in [-0.05, 0) is 37.5 Å². The van der Waals surface area contributed by atoms with Crippen molar-refractivity contribution in [2.45, 2.75) is 31.7 Å². The molecule has 0 amide bonds. The smallest absolute Gasteiger partial charge is 0.145 e. The number of nitrogens with zero attached hydrogens (tertiary/aromatic N) is 2. The highest BCUT2D eigenvalue weighted by atomic mass is 79.9. The summed E-state index contributed by atoms with van der Waals surface area (Å²) >= 11 is 3.50. The third kappa shape index (κ3) is 3.51. The molecule has 1 saturated carbocycles. The van der Waals surface area contributed by atoms with E-state index in [0.29, 0.717) is 11.7 Å². The number of hydrazine groups is 1. The Labute approximate surface area is 132 Å². The number of nitrogens with two attached hydrogens (primary N) is 1. The molecular weight excluding hydrogens is 330 g/mol. The average molecular weight is 348 g/mol. The number of nitrogens with one attached hydrogen (secondary N) is 2. The van der Waals surface area contributed by atoms with Crippen LogP contribution in [0.1, 0.15) is 43.1 Å². The molecule has 1 aromatic carbocycles. The van der Waals surface area contributed by atoms with E-state index in [1.54, 1.807) is 0 Å². The standard InChI is InChI=1S/C15H18BrN5/c1-9(11-3-2-4-12(16)7-11)18-13-8-14(21-17)20-15(19-13)10-5-6-10/h2-4,7-10H,5-6,17H2,1H3,(H2,18,19,20,21). The van der Waals surface area contributed by atoms with Crippen LogP contribution in [0, 0.1) is 0 Å². The molecule has 0 radical (unpaired) electrons. The Hall–Kier alpha value is -1.66. The summed E-state index contributed by atoms with van der Waals surface area (Å²) in [5, 5.41) is 3.42. The Kier molecular flexibility index (Phi) is 4.07. The van der Waals surface area contributed by atoms with Crippen LogP contribution in [0.25, 0.3) is 0 Å². The number of anilines is 2. The van der Waals surface area contributed by atoms with Gasteiger partial charge in [-0.3, -0.25) is 0 Å². The Bertz CT molecular complexity index is 642. The van der Waals surface area contributed by atoms with E-state index < -0.39 is 0 Å². The van der Waals surface area contributed by atoms with Crippen LogP contribution in [0.15, 0.2) is 34.8 Å². The molecule has 0 bridgehead atoms. The highest BCUT2D eigenvalue weighted by Crippen LogP contribution is 2.39. The molecule has 1 heterocycles. The summed E-state index contributed by atoms with van der Waals surface area (Å²) in [6.45, 7) is 2.11. The first-order chi connectivity index (χ1) is 10.2. The van der Waals surface area contributed by atoms with Crippen LogP contribution in [-0.4, -0.2) is 9.97 Å². The quantitative estimate of drug-likeness (QED) is 0.569. The van der Waals surface area contributed by atoms with Gasteiger partial charge < -0.3 is 10.7 Å². The van der Waals surface area contributed by atoms with Crippen molar-refractivity contribution in [3.05, 3.63) is 46.2 Å². The molecule has 3 rings (SSSR count). The first-order valence-electron chi connectivity index (χ1n) is 7.03. The van der Waals surface area contributed by atoms with Gasteiger partial charge in [-0.25, -0.2) is 15.8 Å². The summed E-state index contributed by atoms with van der Waals surface area (Å²) in [6, 6.07) is 10.2. The zero-order valence-corrected chi connectivity index (χ0v) is 13.4. The number of rotatable bonds is 5. The molecule has 1 unspecified atom stereocenters. The second kappa shape index (κ2) is 5.99. The monoisotopic (exact) mass is 347 g/mol. The number of hydrogen-bond acceptors (Lipinski definition) is 5. The van der Waals surface area contributed by atoms with Crippen molar-refractivity contribution in [2.24, 2.45) is 5.84 Å². The number of nitrogen functional groups attached to an aromatic ring is 1. The van der Waals surface area contributed by atoms with E-state index in [1.807, 2.05) is 18.2 Å². The second-order valence-corrected chi connectivity index (χ2v) is 6.25. The fourth-order valence-electron chi connectivity index (χ4n) is 2.22. The molecule has 6 heteroatoms. The summed E-state index contributed by atoms with van der Waals surface area (Å²) in [5.41, 5.74) is 3.81. The van der Waals surface area contributed by atoms with Crippen molar-refractivity contribution in [2.75, 3.05) is 10.7 Å². The number of hydrogen-bond donors (Lipinski definition) is 3. The highest BCUT2D eigenvalue weighted by Gasteiger charge is 2.27. The van der Waals surface area contributed by atoms with Gasteiger partial charge in [-0.1, -0.05) is 28.1 Å². The van der Waals surface area contributed by atoms with Crippen LogP contribution in [0.5, 0.6) is 0 Å². The Morgan fingerprint density at radius 2 is 2.00 bits per heavy atom. The first-order valence-corrected chi connectivity index (χ1v) is 7.82. The van der Waals surface area contributed by atoms with E-state index in [4.69, 9.17) is 5.84 Å². The second-order valence-electron chi connectivity index (χ2n) is 5.34. The van der Waals surface area contributed by atoms with Gasteiger partial charge in [0.25, 0.3) is 0 Å².